The van der Waals surface area contributed by atoms with E-state index in [-0.39, 0.29) is 11.1 Å². The monoisotopic (exact) mass is 401 g/mol. The number of halogens is 1. The number of rotatable bonds is 6. The zero-order valence-electron chi connectivity index (χ0n) is 15.7. The van der Waals surface area contributed by atoms with Crippen molar-refractivity contribution >= 4 is 17.5 Å². The predicted molar refractivity (Wildman–Crippen MR) is 108 cm³/mol. The number of nitrogens with zero attached hydrogens (tertiary/aromatic N) is 3. The van der Waals surface area contributed by atoms with Gasteiger partial charge in [0.05, 0.1) is 0 Å². The van der Waals surface area contributed by atoms with Crippen LogP contribution in [0.4, 0.5) is 5.95 Å². The molecule has 0 aliphatic rings. The van der Waals surface area contributed by atoms with Crippen LogP contribution in [0.25, 0.3) is 0 Å². The van der Waals surface area contributed by atoms with Crippen LogP contribution in [0.5, 0.6) is 11.6 Å². The first-order valence-electron chi connectivity index (χ1n) is 8.66. The van der Waals surface area contributed by atoms with E-state index in [1.54, 1.807) is 0 Å². The van der Waals surface area contributed by atoms with Crippen molar-refractivity contribution < 1.29 is 4.74 Å². The number of anilines is 1. The topological polar surface area (TPSA) is 102 Å². The van der Waals surface area contributed by atoms with Crippen molar-refractivity contribution in [3.05, 3.63) is 73.1 Å². The second-order valence-electron chi connectivity index (χ2n) is 6.41. The van der Waals surface area contributed by atoms with Crippen molar-refractivity contribution in [1.82, 2.24) is 19.5 Å². The lowest BCUT2D eigenvalue weighted by Crippen LogP contribution is -2.30. The maximum atomic E-state index is 11.7. The van der Waals surface area contributed by atoms with Gasteiger partial charge in [-0.2, -0.15) is 4.98 Å². The van der Waals surface area contributed by atoms with Gasteiger partial charge >= 0.3 is 5.69 Å². The standard InChI is InChI=1S/C19H20ClN5O3/c1-11-8-12(2)17(13(3)9-11)28-16-10-14(20)22-18(24-16)21-5-7-25-6-4-15(26)23-19(25)27/h4,6,8-10H,5,7H2,1-3H3,(H,21,22,24)(H,23,26,27). The molecule has 3 aromatic rings. The highest BCUT2D eigenvalue weighted by Gasteiger charge is 2.10. The number of aromatic nitrogens is 4. The van der Waals surface area contributed by atoms with Gasteiger partial charge in [-0.25, -0.2) is 9.78 Å². The van der Waals surface area contributed by atoms with Gasteiger partial charge in [-0.1, -0.05) is 29.3 Å². The van der Waals surface area contributed by atoms with Crippen LogP contribution in [0, 0.1) is 20.8 Å². The highest BCUT2D eigenvalue weighted by atomic mass is 35.5. The Hall–Kier alpha value is -3.13. The quantitative estimate of drug-likeness (QED) is 0.616. The molecule has 0 bridgehead atoms. The number of benzene rings is 1. The van der Waals surface area contributed by atoms with Gasteiger partial charge in [0.15, 0.2) is 0 Å². The summed E-state index contributed by atoms with van der Waals surface area (Å²) in [6.45, 7) is 6.64. The van der Waals surface area contributed by atoms with Crippen LogP contribution in [0.2, 0.25) is 5.15 Å². The van der Waals surface area contributed by atoms with Gasteiger partial charge in [0.2, 0.25) is 11.8 Å². The SMILES string of the molecule is Cc1cc(C)c(Oc2cc(Cl)nc(NCCn3ccc(=O)[nH]c3=O)n2)c(C)c1. The van der Waals surface area contributed by atoms with E-state index in [0.717, 1.165) is 22.4 Å². The van der Waals surface area contributed by atoms with Crippen LogP contribution in [0.1, 0.15) is 16.7 Å². The number of H-pyrrole nitrogens is 1. The number of hydrogen-bond donors (Lipinski definition) is 2. The van der Waals surface area contributed by atoms with Crippen LogP contribution in [0.3, 0.4) is 0 Å². The first kappa shape index (κ1) is 19.6. The molecule has 0 amide bonds. The molecule has 2 aromatic heterocycles. The second kappa shape index (κ2) is 8.26. The fourth-order valence-electron chi connectivity index (χ4n) is 2.87. The molecule has 146 valence electrons. The molecule has 0 aliphatic heterocycles. The highest BCUT2D eigenvalue weighted by molar-refractivity contribution is 6.29. The molecule has 2 heterocycles. The number of aromatic amines is 1. The Morgan fingerprint density at radius 2 is 1.86 bits per heavy atom. The second-order valence-corrected chi connectivity index (χ2v) is 6.80. The summed E-state index contributed by atoms with van der Waals surface area (Å²) in [5, 5.41) is 3.23. The Morgan fingerprint density at radius 3 is 2.54 bits per heavy atom. The lowest BCUT2D eigenvalue weighted by Gasteiger charge is -2.13. The lowest BCUT2D eigenvalue weighted by atomic mass is 10.1. The maximum Gasteiger partial charge on any atom is 0.328 e. The summed E-state index contributed by atoms with van der Waals surface area (Å²) < 4.78 is 7.31. The first-order valence-corrected chi connectivity index (χ1v) is 9.03. The van der Waals surface area contributed by atoms with E-state index in [1.165, 1.54) is 22.9 Å². The molecule has 0 radical (unpaired) electrons. The number of hydrogen-bond acceptors (Lipinski definition) is 6. The fraction of sp³-hybridized carbons (Fsp3) is 0.263. The van der Waals surface area contributed by atoms with Crippen LogP contribution >= 0.6 is 11.6 Å². The van der Waals surface area contributed by atoms with E-state index in [9.17, 15) is 9.59 Å². The molecular weight excluding hydrogens is 382 g/mol. The van der Waals surface area contributed by atoms with Crippen LogP contribution < -0.4 is 21.3 Å². The summed E-state index contributed by atoms with van der Waals surface area (Å²) in [6, 6.07) is 6.89. The largest absolute Gasteiger partial charge is 0.438 e. The van der Waals surface area contributed by atoms with Gasteiger partial charge in [0, 0.05) is 31.4 Å². The minimum atomic E-state index is -0.476. The molecule has 0 spiro atoms. The third kappa shape index (κ3) is 4.77. The van der Waals surface area contributed by atoms with Crippen LogP contribution in [-0.2, 0) is 6.54 Å². The molecule has 0 saturated carbocycles. The van der Waals surface area contributed by atoms with E-state index in [2.05, 4.69) is 20.3 Å². The minimum absolute atomic E-state index is 0.233. The van der Waals surface area contributed by atoms with Crippen molar-refractivity contribution in [2.24, 2.45) is 0 Å². The predicted octanol–water partition coefficient (Wildman–Crippen LogP) is 2.81. The van der Waals surface area contributed by atoms with Gasteiger partial charge in [-0.15, -0.1) is 0 Å². The Labute approximate surface area is 166 Å². The molecule has 0 aliphatic carbocycles. The van der Waals surface area contributed by atoms with Crippen molar-refractivity contribution in [3.63, 3.8) is 0 Å². The van der Waals surface area contributed by atoms with Crippen molar-refractivity contribution in [2.75, 3.05) is 11.9 Å². The molecule has 1 aromatic carbocycles. The van der Waals surface area contributed by atoms with Crippen molar-refractivity contribution in [3.8, 4) is 11.6 Å². The molecule has 0 unspecified atom stereocenters. The number of nitrogens with one attached hydrogen (secondary N) is 2. The molecule has 9 heteroatoms. The molecule has 8 nitrogen and oxygen atoms in total. The normalized spacial score (nSPS) is 10.7. The van der Waals surface area contributed by atoms with Crippen LogP contribution in [-0.4, -0.2) is 26.1 Å². The maximum absolute atomic E-state index is 11.7. The highest BCUT2D eigenvalue weighted by Crippen LogP contribution is 2.30. The van der Waals surface area contributed by atoms with E-state index < -0.39 is 11.2 Å². The Bertz CT molecular complexity index is 1100. The molecule has 0 saturated heterocycles. The molecule has 28 heavy (non-hydrogen) atoms. The van der Waals surface area contributed by atoms with Gasteiger partial charge < -0.3 is 10.1 Å². The van der Waals surface area contributed by atoms with E-state index in [0.29, 0.717) is 19.0 Å². The average Bonchev–Trinajstić information content (AvgIpc) is 2.59. The number of ether oxygens (including phenoxy) is 1. The fourth-order valence-corrected chi connectivity index (χ4v) is 3.04. The third-order valence-corrected chi connectivity index (χ3v) is 4.21. The van der Waals surface area contributed by atoms with Gasteiger partial charge in [-0.3, -0.25) is 14.3 Å². The zero-order valence-corrected chi connectivity index (χ0v) is 16.5. The summed E-state index contributed by atoms with van der Waals surface area (Å²) in [5.41, 5.74) is 2.24. The molecular formula is C19H20ClN5O3. The smallest absolute Gasteiger partial charge is 0.328 e. The Kier molecular flexibility index (Phi) is 5.79. The zero-order chi connectivity index (χ0) is 20.3. The van der Waals surface area contributed by atoms with Crippen molar-refractivity contribution in [2.45, 2.75) is 27.3 Å². The summed E-state index contributed by atoms with van der Waals surface area (Å²) in [6.07, 6.45) is 1.43. The summed E-state index contributed by atoms with van der Waals surface area (Å²) in [7, 11) is 0. The lowest BCUT2D eigenvalue weighted by molar-refractivity contribution is 0.455. The third-order valence-electron chi connectivity index (χ3n) is 4.02. The number of aryl methyl sites for hydroxylation is 3. The summed E-state index contributed by atoms with van der Waals surface area (Å²) in [4.78, 5) is 33.4. The Morgan fingerprint density at radius 1 is 1.14 bits per heavy atom. The van der Waals surface area contributed by atoms with Crippen molar-refractivity contribution in [1.29, 1.82) is 0 Å². The molecule has 2 N–H and O–H groups in total. The van der Waals surface area contributed by atoms with Gasteiger partial charge in [0.25, 0.3) is 5.56 Å². The van der Waals surface area contributed by atoms with Gasteiger partial charge in [0.1, 0.15) is 10.9 Å². The average molecular weight is 402 g/mol. The van der Waals surface area contributed by atoms with E-state index >= 15 is 0 Å². The Balaban J connectivity index is 1.73. The molecule has 0 fully saturated rings. The van der Waals surface area contributed by atoms with E-state index in [4.69, 9.17) is 16.3 Å². The summed E-state index contributed by atoms with van der Waals surface area (Å²) >= 11 is 6.09. The molecule has 3 rings (SSSR count). The van der Waals surface area contributed by atoms with E-state index in [1.807, 2.05) is 32.9 Å². The molecule has 0 atom stereocenters. The van der Waals surface area contributed by atoms with Gasteiger partial charge in [-0.05, 0) is 31.9 Å². The van der Waals surface area contributed by atoms with Crippen LogP contribution in [0.15, 0.2) is 40.1 Å². The summed E-state index contributed by atoms with van der Waals surface area (Å²) in [5.74, 6) is 1.33. The first-order chi connectivity index (χ1) is 13.3. The minimum Gasteiger partial charge on any atom is -0.438 e.